The maximum Gasteiger partial charge on any atom is 0.381 e. The van der Waals surface area contributed by atoms with Crippen molar-refractivity contribution < 1.29 is 24.2 Å². The van der Waals surface area contributed by atoms with Crippen molar-refractivity contribution in [1.82, 2.24) is 0 Å². The van der Waals surface area contributed by atoms with Gasteiger partial charge in [0.05, 0.1) is 19.9 Å². The Morgan fingerprint density at radius 1 is 1.00 bits per heavy atom. The third kappa shape index (κ3) is 4.67. The van der Waals surface area contributed by atoms with Gasteiger partial charge < -0.3 is 14.6 Å². The lowest BCUT2D eigenvalue weighted by molar-refractivity contribution is -0.149. The smallest absolute Gasteiger partial charge is 0.381 e. The Hall–Kier alpha value is -3.19. The first kappa shape index (κ1) is 19.1. The van der Waals surface area contributed by atoms with Crippen LogP contribution in [-0.2, 0) is 14.3 Å². The van der Waals surface area contributed by atoms with Gasteiger partial charge in [0.15, 0.2) is 11.5 Å². The summed E-state index contributed by atoms with van der Waals surface area (Å²) in [5.74, 6) is -2.20. The number of aliphatic hydroxyl groups excluding tert-OH is 1. The van der Waals surface area contributed by atoms with Crippen LogP contribution in [0.4, 0.5) is 5.69 Å². The maximum absolute atomic E-state index is 12.2. The lowest BCUT2D eigenvalue weighted by Crippen LogP contribution is -2.18. The van der Waals surface area contributed by atoms with Gasteiger partial charge >= 0.3 is 5.97 Å². The number of carbonyl (C=O) groups excluding carboxylic acids is 2. The van der Waals surface area contributed by atoms with E-state index in [9.17, 15) is 14.7 Å². The summed E-state index contributed by atoms with van der Waals surface area (Å²) in [4.78, 5) is 23.8. The molecule has 0 spiro atoms. The second-order valence-electron chi connectivity index (χ2n) is 4.92. The van der Waals surface area contributed by atoms with E-state index in [0.717, 1.165) is 7.11 Å². The van der Waals surface area contributed by atoms with Crippen molar-refractivity contribution in [3.05, 3.63) is 64.8 Å². The van der Waals surface area contributed by atoms with Crippen LogP contribution in [0.15, 0.2) is 64.5 Å². The van der Waals surface area contributed by atoms with Crippen LogP contribution in [0.1, 0.15) is 5.56 Å². The van der Waals surface area contributed by atoms with Gasteiger partial charge in [-0.15, -0.1) is 5.11 Å². The molecule has 2 aromatic carbocycles. The normalized spacial score (nSPS) is 11.8. The SMILES string of the molecule is COC(=O)C(=O)/C(N=Nc1ccc(OC)cc1)=C(/O)c1ccc(Cl)cc1. The second kappa shape index (κ2) is 8.77. The quantitative estimate of drug-likeness (QED) is 0.270. The summed E-state index contributed by atoms with van der Waals surface area (Å²) < 4.78 is 9.44. The average Bonchev–Trinajstić information content (AvgIpc) is 2.68. The van der Waals surface area contributed by atoms with E-state index < -0.39 is 23.2 Å². The molecule has 2 rings (SSSR count). The van der Waals surface area contributed by atoms with Gasteiger partial charge in [0, 0.05) is 10.6 Å². The Balaban J connectivity index is 2.44. The highest BCUT2D eigenvalue weighted by atomic mass is 35.5. The number of ether oxygens (including phenoxy) is 2. The number of rotatable bonds is 6. The number of methoxy groups -OCH3 is 2. The summed E-state index contributed by atoms with van der Waals surface area (Å²) in [5, 5.41) is 18.5. The van der Waals surface area contributed by atoms with Crippen LogP contribution in [-0.4, -0.2) is 31.1 Å². The summed E-state index contributed by atoms with van der Waals surface area (Å²) in [7, 11) is 2.58. The second-order valence-corrected chi connectivity index (χ2v) is 5.36. The van der Waals surface area contributed by atoms with Gasteiger partial charge in [0.1, 0.15) is 5.75 Å². The van der Waals surface area contributed by atoms with Gasteiger partial charge in [0.2, 0.25) is 0 Å². The van der Waals surface area contributed by atoms with Gasteiger partial charge in [-0.25, -0.2) is 4.79 Å². The molecule has 2 aromatic rings. The highest BCUT2D eigenvalue weighted by molar-refractivity contribution is 6.41. The predicted octanol–water partition coefficient (Wildman–Crippen LogP) is 4.10. The third-order valence-electron chi connectivity index (χ3n) is 3.27. The first-order valence-corrected chi connectivity index (χ1v) is 7.71. The topological polar surface area (TPSA) is 97.6 Å². The van der Waals surface area contributed by atoms with Crippen molar-refractivity contribution in [2.45, 2.75) is 0 Å². The van der Waals surface area contributed by atoms with Crippen LogP contribution in [0, 0.1) is 0 Å². The largest absolute Gasteiger partial charge is 0.505 e. The van der Waals surface area contributed by atoms with Crippen molar-refractivity contribution in [1.29, 1.82) is 0 Å². The summed E-state index contributed by atoms with van der Waals surface area (Å²) >= 11 is 5.81. The molecule has 0 aliphatic carbocycles. The molecule has 0 amide bonds. The predicted molar refractivity (Wildman–Crippen MR) is 95.5 cm³/mol. The number of Topliss-reactive ketones (excluding diaryl/α,β-unsaturated/α-hetero) is 1. The minimum absolute atomic E-state index is 0.246. The van der Waals surface area contributed by atoms with Crippen molar-refractivity contribution in [3.8, 4) is 5.75 Å². The fraction of sp³-hybridized carbons (Fsp3) is 0.111. The first-order valence-electron chi connectivity index (χ1n) is 7.34. The third-order valence-corrected chi connectivity index (χ3v) is 3.52. The molecular formula is C18H15ClN2O5. The molecule has 0 heterocycles. The Morgan fingerprint density at radius 2 is 1.62 bits per heavy atom. The number of hydrogen-bond acceptors (Lipinski definition) is 7. The zero-order valence-corrected chi connectivity index (χ0v) is 14.7. The molecule has 0 radical (unpaired) electrons. The van der Waals surface area contributed by atoms with Crippen molar-refractivity contribution in [2.24, 2.45) is 10.2 Å². The molecule has 0 aliphatic rings. The molecule has 7 nitrogen and oxygen atoms in total. The molecule has 0 bridgehead atoms. The van der Waals surface area contributed by atoms with Crippen LogP contribution in [0.3, 0.4) is 0 Å². The highest BCUT2D eigenvalue weighted by Crippen LogP contribution is 2.23. The summed E-state index contributed by atoms with van der Waals surface area (Å²) in [5.41, 5.74) is 0.0928. The van der Waals surface area contributed by atoms with Gasteiger partial charge in [0.25, 0.3) is 5.78 Å². The molecule has 0 saturated carbocycles. The molecular weight excluding hydrogens is 360 g/mol. The number of nitrogens with zero attached hydrogens (tertiary/aromatic N) is 2. The highest BCUT2D eigenvalue weighted by Gasteiger charge is 2.24. The van der Waals surface area contributed by atoms with Gasteiger partial charge in [-0.05, 0) is 48.5 Å². The van der Waals surface area contributed by atoms with E-state index >= 15 is 0 Å². The van der Waals surface area contributed by atoms with E-state index in [0.29, 0.717) is 16.5 Å². The summed E-state index contributed by atoms with van der Waals surface area (Å²) in [6.45, 7) is 0. The zero-order chi connectivity index (χ0) is 19.1. The number of benzene rings is 2. The minimum Gasteiger partial charge on any atom is -0.505 e. The van der Waals surface area contributed by atoms with Gasteiger partial charge in [-0.3, -0.25) is 4.79 Å². The average molecular weight is 375 g/mol. The molecule has 0 fully saturated rings. The molecule has 26 heavy (non-hydrogen) atoms. The monoisotopic (exact) mass is 374 g/mol. The van der Waals surface area contributed by atoms with Gasteiger partial charge in [-0.1, -0.05) is 11.6 Å². The van der Waals surface area contributed by atoms with E-state index in [4.69, 9.17) is 16.3 Å². The number of halogens is 1. The zero-order valence-electron chi connectivity index (χ0n) is 14.0. The summed E-state index contributed by atoms with van der Waals surface area (Å²) in [6, 6.07) is 12.5. The van der Waals surface area contributed by atoms with Crippen LogP contribution in [0.2, 0.25) is 5.02 Å². The molecule has 8 heteroatoms. The lowest BCUT2D eigenvalue weighted by Gasteiger charge is -2.05. The van der Waals surface area contributed by atoms with Crippen molar-refractivity contribution in [3.63, 3.8) is 0 Å². The molecule has 0 saturated heterocycles. The van der Waals surface area contributed by atoms with E-state index in [1.807, 2.05) is 0 Å². The van der Waals surface area contributed by atoms with E-state index in [2.05, 4.69) is 15.0 Å². The molecule has 0 aliphatic heterocycles. The van der Waals surface area contributed by atoms with Crippen LogP contribution < -0.4 is 4.74 Å². The first-order chi connectivity index (χ1) is 12.5. The number of azo groups is 1. The number of esters is 1. The molecule has 134 valence electrons. The Bertz CT molecular complexity index is 858. The van der Waals surface area contributed by atoms with Crippen LogP contribution in [0.5, 0.6) is 5.75 Å². The molecule has 0 unspecified atom stereocenters. The molecule has 0 aromatic heterocycles. The fourth-order valence-corrected chi connectivity index (χ4v) is 2.02. The van der Waals surface area contributed by atoms with E-state index in [-0.39, 0.29) is 5.56 Å². The minimum atomic E-state index is -1.17. The number of aliphatic hydroxyl groups is 1. The summed E-state index contributed by atoms with van der Waals surface area (Å²) in [6.07, 6.45) is 0. The number of carbonyl (C=O) groups is 2. The lowest BCUT2D eigenvalue weighted by atomic mass is 10.1. The molecule has 1 N–H and O–H groups in total. The maximum atomic E-state index is 12.2. The molecule has 0 atom stereocenters. The van der Waals surface area contributed by atoms with Crippen LogP contribution in [0.25, 0.3) is 5.76 Å². The fourth-order valence-electron chi connectivity index (χ4n) is 1.89. The number of hydrogen-bond donors (Lipinski definition) is 1. The Kier molecular flexibility index (Phi) is 6.46. The number of ketones is 1. The van der Waals surface area contributed by atoms with Crippen molar-refractivity contribution >= 4 is 34.8 Å². The van der Waals surface area contributed by atoms with E-state index in [1.165, 1.54) is 31.4 Å². The Morgan fingerprint density at radius 3 is 2.15 bits per heavy atom. The van der Waals surface area contributed by atoms with Gasteiger partial charge in [-0.2, -0.15) is 5.11 Å². The van der Waals surface area contributed by atoms with Crippen LogP contribution >= 0.6 is 11.6 Å². The van der Waals surface area contributed by atoms with E-state index in [1.54, 1.807) is 24.3 Å². The Labute approximate surface area is 154 Å². The standard InChI is InChI=1S/C18H15ClN2O5/c1-25-14-9-7-13(8-10-14)20-21-15(17(23)18(24)26-2)16(22)11-3-5-12(19)6-4-11/h3-10,22H,1-2H3/b16-15-,21-20?. The van der Waals surface area contributed by atoms with Crippen molar-refractivity contribution in [2.75, 3.05) is 14.2 Å².